The van der Waals surface area contributed by atoms with Gasteiger partial charge in [-0.3, -0.25) is 9.59 Å². The van der Waals surface area contributed by atoms with Crippen LogP contribution in [0.4, 0.5) is 0 Å². The Bertz CT molecular complexity index is 493. The highest BCUT2D eigenvalue weighted by atomic mass is 79.9. The molecule has 0 radical (unpaired) electrons. The summed E-state index contributed by atoms with van der Waals surface area (Å²) in [5, 5.41) is 0. The predicted molar refractivity (Wildman–Crippen MR) is 87.8 cm³/mol. The fraction of sp³-hybridized carbons (Fsp3) is 0.500. The van der Waals surface area contributed by atoms with E-state index in [1.807, 2.05) is 12.1 Å². The summed E-state index contributed by atoms with van der Waals surface area (Å²) in [4.78, 5) is 25.7. The molecule has 1 amide bonds. The van der Waals surface area contributed by atoms with Gasteiger partial charge in [-0.1, -0.05) is 22.0 Å². The smallest absolute Gasteiger partial charge is 0.307 e. The zero-order chi connectivity index (χ0) is 16.4. The zero-order valence-corrected chi connectivity index (χ0v) is 14.6. The Hall–Kier alpha value is -1.40. The van der Waals surface area contributed by atoms with Crippen LogP contribution in [0.5, 0.6) is 0 Å². The van der Waals surface area contributed by atoms with Crippen molar-refractivity contribution in [3.05, 3.63) is 34.3 Å². The number of hydrogen-bond donors (Lipinski definition) is 0. The minimum atomic E-state index is -0.290. The molecule has 1 rings (SSSR count). The van der Waals surface area contributed by atoms with Crippen LogP contribution in [0.25, 0.3) is 0 Å². The van der Waals surface area contributed by atoms with Crippen LogP contribution in [0, 0.1) is 0 Å². The summed E-state index contributed by atoms with van der Waals surface area (Å²) in [6, 6.07) is 7.22. The van der Waals surface area contributed by atoms with E-state index < -0.39 is 0 Å². The Balaban J connectivity index is 2.70. The maximum atomic E-state index is 12.6. The SMILES string of the molecule is CCOC(=O)CCN(CCCOC)C(=O)c1cccc(Br)c1. The van der Waals surface area contributed by atoms with Crippen molar-refractivity contribution in [3.63, 3.8) is 0 Å². The molecule has 0 saturated heterocycles. The van der Waals surface area contributed by atoms with Crippen molar-refractivity contribution in [2.24, 2.45) is 0 Å². The van der Waals surface area contributed by atoms with E-state index in [1.165, 1.54) is 0 Å². The molecule has 6 heteroatoms. The second-order valence-corrected chi connectivity index (χ2v) is 5.62. The van der Waals surface area contributed by atoms with Gasteiger partial charge in [0.2, 0.25) is 0 Å². The van der Waals surface area contributed by atoms with Crippen molar-refractivity contribution in [2.45, 2.75) is 19.8 Å². The van der Waals surface area contributed by atoms with Gasteiger partial charge in [0, 0.05) is 36.8 Å². The second-order valence-electron chi connectivity index (χ2n) is 4.70. The molecule has 1 aromatic rings. The summed E-state index contributed by atoms with van der Waals surface area (Å²) in [5.41, 5.74) is 0.593. The highest BCUT2D eigenvalue weighted by molar-refractivity contribution is 9.10. The van der Waals surface area contributed by atoms with Gasteiger partial charge in [0.25, 0.3) is 5.91 Å². The van der Waals surface area contributed by atoms with E-state index in [0.717, 1.165) is 10.9 Å². The third-order valence-corrected chi connectivity index (χ3v) is 3.52. The zero-order valence-electron chi connectivity index (χ0n) is 13.0. The summed E-state index contributed by atoms with van der Waals surface area (Å²) in [7, 11) is 1.62. The van der Waals surface area contributed by atoms with Crippen molar-refractivity contribution < 1.29 is 19.1 Å². The number of nitrogens with zero attached hydrogens (tertiary/aromatic N) is 1. The molecule has 122 valence electrons. The molecule has 0 aromatic heterocycles. The number of esters is 1. The Labute approximate surface area is 139 Å². The van der Waals surface area contributed by atoms with E-state index in [9.17, 15) is 9.59 Å². The van der Waals surface area contributed by atoms with Gasteiger partial charge >= 0.3 is 5.97 Å². The van der Waals surface area contributed by atoms with Gasteiger partial charge in [-0.05, 0) is 31.5 Å². The molecule has 0 aliphatic rings. The fourth-order valence-corrected chi connectivity index (χ4v) is 2.38. The molecule has 1 aromatic carbocycles. The Kier molecular flexibility index (Phi) is 8.77. The van der Waals surface area contributed by atoms with Crippen molar-refractivity contribution in [2.75, 3.05) is 33.4 Å². The highest BCUT2D eigenvalue weighted by Crippen LogP contribution is 2.14. The van der Waals surface area contributed by atoms with Gasteiger partial charge in [-0.25, -0.2) is 0 Å². The summed E-state index contributed by atoms with van der Waals surface area (Å²) in [5.74, 6) is -0.386. The quantitative estimate of drug-likeness (QED) is 0.494. The van der Waals surface area contributed by atoms with E-state index in [0.29, 0.717) is 31.9 Å². The van der Waals surface area contributed by atoms with Crippen LogP contribution in [0.3, 0.4) is 0 Å². The van der Waals surface area contributed by atoms with Crippen LogP contribution in [-0.2, 0) is 14.3 Å². The summed E-state index contributed by atoms with van der Waals surface area (Å²) in [6.45, 7) is 3.57. The van der Waals surface area contributed by atoms with Crippen molar-refractivity contribution in [3.8, 4) is 0 Å². The van der Waals surface area contributed by atoms with Crippen LogP contribution in [0.15, 0.2) is 28.7 Å². The molecule has 0 aliphatic heterocycles. The van der Waals surface area contributed by atoms with Gasteiger partial charge in [0.05, 0.1) is 13.0 Å². The average molecular weight is 372 g/mol. The van der Waals surface area contributed by atoms with Crippen molar-refractivity contribution in [1.82, 2.24) is 4.90 Å². The molecule has 0 N–H and O–H groups in total. The lowest BCUT2D eigenvalue weighted by molar-refractivity contribution is -0.143. The molecule has 0 aliphatic carbocycles. The molecule has 0 fully saturated rings. The van der Waals surface area contributed by atoms with Crippen LogP contribution >= 0.6 is 15.9 Å². The molecule has 0 spiro atoms. The van der Waals surface area contributed by atoms with Crippen LogP contribution < -0.4 is 0 Å². The number of methoxy groups -OCH3 is 1. The van der Waals surface area contributed by atoms with E-state index in [4.69, 9.17) is 9.47 Å². The Morgan fingerprint density at radius 2 is 2.05 bits per heavy atom. The molecule has 0 atom stereocenters. The second kappa shape index (κ2) is 10.3. The van der Waals surface area contributed by atoms with E-state index in [1.54, 1.807) is 31.1 Å². The first-order chi connectivity index (χ1) is 10.6. The number of amides is 1. The largest absolute Gasteiger partial charge is 0.466 e. The first-order valence-corrected chi connectivity index (χ1v) is 8.07. The topological polar surface area (TPSA) is 55.8 Å². The lowest BCUT2D eigenvalue weighted by Gasteiger charge is -2.22. The predicted octanol–water partition coefficient (Wildman–Crippen LogP) is 2.88. The molecule has 0 saturated carbocycles. The molecule has 0 bridgehead atoms. The molecular formula is C16H22BrNO4. The minimum absolute atomic E-state index is 0.0956. The number of rotatable bonds is 9. The summed E-state index contributed by atoms with van der Waals surface area (Å²) >= 11 is 3.36. The maximum absolute atomic E-state index is 12.6. The first-order valence-electron chi connectivity index (χ1n) is 7.28. The molecule has 5 nitrogen and oxygen atoms in total. The number of carbonyl (C=O) groups excluding carboxylic acids is 2. The first kappa shape index (κ1) is 18.6. The minimum Gasteiger partial charge on any atom is -0.466 e. The van der Waals surface area contributed by atoms with Crippen molar-refractivity contribution in [1.29, 1.82) is 0 Å². The van der Waals surface area contributed by atoms with Crippen LogP contribution in [-0.4, -0.2) is 50.2 Å². The van der Waals surface area contributed by atoms with E-state index >= 15 is 0 Å². The summed E-state index contributed by atoms with van der Waals surface area (Å²) < 4.78 is 10.8. The Morgan fingerprint density at radius 1 is 1.27 bits per heavy atom. The van der Waals surface area contributed by atoms with E-state index in [2.05, 4.69) is 15.9 Å². The van der Waals surface area contributed by atoms with Gasteiger partial charge in [-0.2, -0.15) is 0 Å². The third-order valence-electron chi connectivity index (χ3n) is 3.03. The van der Waals surface area contributed by atoms with Crippen molar-refractivity contribution >= 4 is 27.8 Å². The lowest BCUT2D eigenvalue weighted by Crippen LogP contribution is -2.34. The van der Waals surface area contributed by atoms with Gasteiger partial charge in [0.1, 0.15) is 0 Å². The molecule has 0 unspecified atom stereocenters. The lowest BCUT2D eigenvalue weighted by atomic mass is 10.2. The molecular weight excluding hydrogens is 350 g/mol. The van der Waals surface area contributed by atoms with Crippen LogP contribution in [0.2, 0.25) is 0 Å². The fourth-order valence-electron chi connectivity index (χ4n) is 1.98. The number of benzene rings is 1. The number of ether oxygens (including phenoxy) is 2. The molecule has 22 heavy (non-hydrogen) atoms. The van der Waals surface area contributed by atoms with E-state index in [-0.39, 0.29) is 18.3 Å². The number of hydrogen-bond acceptors (Lipinski definition) is 4. The monoisotopic (exact) mass is 371 g/mol. The number of halogens is 1. The highest BCUT2D eigenvalue weighted by Gasteiger charge is 2.17. The maximum Gasteiger partial charge on any atom is 0.307 e. The van der Waals surface area contributed by atoms with Crippen LogP contribution in [0.1, 0.15) is 30.1 Å². The average Bonchev–Trinajstić information content (AvgIpc) is 2.50. The van der Waals surface area contributed by atoms with Gasteiger partial charge in [-0.15, -0.1) is 0 Å². The summed E-state index contributed by atoms with van der Waals surface area (Å²) in [6.07, 6.45) is 0.916. The Morgan fingerprint density at radius 3 is 2.68 bits per heavy atom. The number of carbonyl (C=O) groups is 2. The molecule has 0 heterocycles. The third kappa shape index (κ3) is 6.58. The standard InChI is InChI=1S/C16H22BrNO4/c1-3-22-15(19)8-10-18(9-5-11-21-2)16(20)13-6-4-7-14(17)12-13/h4,6-7,12H,3,5,8-11H2,1-2H3. The normalized spacial score (nSPS) is 10.3. The van der Waals surface area contributed by atoms with Gasteiger partial charge < -0.3 is 14.4 Å². The van der Waals surface area contributed by atoms with Gasteiger partial charge in [0.15, 0.2) is 0 Å².